The third-order valence-corrected chi connectivity index (χ3v) is 3.68. The molecule has 1 aliphatic rings. The fourth-order valence-corrected chi connectivity index (χ4v) is 2.11. The number of nitrogens with zero attached hydrogens (tertiary/aromatic N) is 2. The number of likely N-dealkylation sites (N-methyl/N-ethyl adjacent to an activating group) is 1. The van der Waals surface area contributed by atoms with Gasteiger partial charge in [-0.15, -0.1) is 0 Å². The smallest absolute Gasteiger partial charge is 0.243 e. The number of ether oxygens (including phenoxy) is 2. The molecule has 0 spiro atoms. The third-order valence-electron chi connectivity index (χ3n) is 3.68. The molecule has 1 heterocycles. The molecule has 1 aliphatic heterocycles. The molecule has 0 aliphatic carbocycles. The topological polar surface area (TPSA) is 75.2 Å². The van der Waals surface area contributed by atoms with E-state index in [-0.39, 0.29) is 12.5 Å². The summed E-state index contributed by atoms with van der Waals surface area (Å²) in [6, 6.07) is 0. The van der Waals surface area contributed by atoms with Crippen molar-refractivity contribution in [3.8, 4) is 0 Å². The lowest BCUT2D eigenvalue weighted by Crippen LogP contribution is -2.40. The van der Waals surface area contributed by atoms with E-state index >= 15 is 0 Å². The van der Waals surface area contributed by atoms with E-state index < -0.39 is 0 Å². The maximum absolute atomic E-state index is 11.7. The molecule has 1 amide bonds. The Balaban J connectivity index is 2.21. The molecule has 0 radical (unpaired) electrons. The van der Waals surface area contributed by atoms with Gasteiger partial charge in [0.1, 0.15) is 6.54 Å². The van der Waals surface area contributed by atoms with E-state index in [0.29, 0.717) is 17.8 Å². The Morgan fingerprint density at radius 3 is 2.79 bits per heavy atom. The fourth-order valence-electron chi connectivity index (χ4n) is 2.11. The van der Waals surface area contributed by atoms with Crippen molar-refractivity contribution in [2.45, 2.75) is 26.7 Å². The van der Waals surface area contributed by atoms with Crippen LogP contribution in [-0.2, 0) is 14.3 Å². The minimum absolute atomic E-state index is 0.0113. The van der Waals surface area contributed by atoms with E-state index in [1.807, 2.05) is 0 Å². The fraction of sp³-hybridized carbons (Fsp3) is 0.882. The summed E-state index contributed by atoms with van der Waals surface area (Å²) < 4.78 is 11.0. The van der Waals surface area contributed by atoms with Gasteiger partial charge >= 0.3 is 0 Å². The molecule has 1 rings (SSSR count). The number of aliphatic imine (C=N–C) groups is 1. The van der Waals surface area contributed by atoms with Gasteiger partial charge in [0.15, 0.2) is 5.96 Å². The predicted molar refractivity (Wildman–Crippen MR) is 96.2 cm³/mol. The lowest BCUT2D eigenvalue weighted by molar-refractivity contribution is -0.127. The maximum Gasteiger partial charge on any atom is 0.243 e. The van der Waals surface area contributed by atoms with E-state index in [0.717, 1.165) is 52.4 Å². The summed E-state index contributed by atoms with van der Waals surface area (Å²) in [6.07, 6.45) is 2.01. The van der Waals surface area contributed by atoms with E-state index in [1.54, 1.807) is 19.0 Å². The maximum atomic E-state index is 11.7. The molecule has 0 bridgehead atoms. The van der Waals surface area contributed by atoms with Crippen LogP contribution in [0.2, 0.25) is 0 Å². The number of amides is 1. The number of nitrogens with one attached hydrogen (secondary N) is 2. The van der Waals surface area contributed by atoms with Gasteiger partial charge in [-0.1, -0.05) is 13.8 Å². The highest BCUT2D eigenvalue weighted by Crippen LogP contribution is 2.12. The van der Waals surface area contributed by atoms with Crippen LogP contribution in [0, 0.1) is 11.8 Å². The molecule has 140 valence electrons. The number of rotatable bonds is 10. The second-order valence-corrected chi connectivity index (χ2v) is 6.81. The van der Waals surface area contributed by atoms with Crippen molar-refractivity contribution in [3.63, 3.8) is 0 Å². The minimum atomic E-state index is -0.0113. The molecule has 7 nitrogen and oxygen atoms in total. The number of hydrogen-bond donors (Lipinski definition) is 2. The number of carbonyl (C=O) groups excluding carboxylic acids is 1. The summed E-state index contributed by atoms with van der Waals surface area (Å²) in [7, 11) is 3.47. The van der Waals surface area contributed by atoms with Gasteiger partial charge in [0, 0.05) is 46.3 Å². The molecule has 1 atom stereocenters. The molecular weight excluding hydrogens is 308 g/mol. The SMILES string of the molecule is CC(C)CNC(=NCC(=O)N(C)C)NCCCOCC1CCOC1. The molecule has 1 fully saturated rings. The highest BCUT2D eigenvalue weighted by Gasteiger charge is 2.15. The van der Waals surface area contributed by atoms with E-state index in [1.165, 1.54) is 0 Å². The first-order chi connectivity index (χ1) is 11.5. The standard InChI is InChI=1S/C17H34N4O3/c1-14(2)10-19-17(20-11-16(22)21(3)4)18-7-5-8-23-12-15-6-9-24-13-15/h14-15H,5-13H2,1-4H3,(H2,18,19,20). The Morgan fingerprint density at radius 1 is 1.38 bits per heavy atom. The second-order valence-electron chi connectivity index (χ2n) is 6.81. The first-order valence-electron chi connectivity index (χ1n) is 8.87. The average Bonchev–Trinajstić information content (AvgIpc) is 3.05. The highest BCUT2D eigenvalue weighted by molar-refractivity contribution is 5.84. The Morgan fingerprint density at radius 2 is 2.17 bits per heavy atom. The minimum Gasteiger partial charge on any atom is -0.381 e. The summed E-state index contributed by atoms with van der Waals surface area (Å²) in [5, 5.41) is 6.52. The molecule has 1 unspecified atom stereocenters. The van der Waals surface area contributed by atoms with Gasteiger partial charge < -0.3 is 25.0 Å². The molecular formula is C17H34N4O3. The number of hydrogen-bond acceptors (Lipinski definition) is 4. The molecule has 7 heteroatoms. The van der Waals surface area contributed by atoms with Crippen molar-refractivity contribution in [2.24, 2.45) is 16.8 Å². The van der Waals surface area contributed by atoms with Crippen molar-refractivity contribution >= 4 is 11.9 Å². The van der Waals surface area contributed by atoms with Gasteiger partial charge in [0.25, 0.3) is 0 Å². The van der Waals surface area contributed by atoms with Gasteiger partial charge in [-0.25, -0.2) is 4.99 Å². The monoisotopic (exact) mass is 342 g/mol. The molecule has 2 N–H and O–H groups in total. The Hall–Kier alpha value is -1.34. The van der Waals surface area contributed by atoms with E-state index in [4.69, 9.17) is 9.47 Å². The average molecular weight is 342 g/mol. The normalized spacial score (nSPS) is 18.0. The van der Waals surface area contributed by atoms with Crippen molar-refractivity contribution < 1.29 is 14.3 Å². The van der Waals surface area contributed by atoms with Crippen LogP contribution in [0.4, 0.5) is 0 Å². The Labute approximate surface area is 146 Å². The first kappa shape index (κ1) is 20.7. The first-order valence-corrected chi connectivity index (χ1v) is 8.87. The second kappa shape index (κ2) is 12.1. The quantitative estimate of drug-likeness (QED) is 0.347. The van der Waals surface area contributed by atoms with Crippen LogP contribution in [-0.4, -0.2) is 76.9 Å². The Kier molecular flexibility index (Phi) is 10.4. The zero-order chi connectivity index (χ0) is 17.8. The Bertz CT molecular complexity index is 380. The molecule has 0 aromatic rings. The highest BCUT2D eigenvalue weighted by atomic mass is 16.5. The zero-order valence-electron chi connectivity index (χ0n) is 15.6. The zero-order valence-corrected chi connectivity index (χ0v) is 15.6. The van der Waals surface area contributed by atoms with E-state index in [2.05, 4.69) is 29.5 Å². The summed E-state index contributed by atoms with van der Waals surface area (Å²) in [5.41, 5.74) is 0. The van der Waals surface area contributed by atoms with Crippen molar-refractivity contribution in [1.29, 1.82) is 0 Å². The van der Waals surface area contributed by atoms with Crippen LogP contribution in [0.5, 0.6) is 0 Å². The van der Waals surface area contributed by atoms with Gasteiger partial charge in [0.05, 0.1) is 13.2 Å². The van der Waals surface area contributed by atoms with Gasteiger partial charge in [0.2, 0.25) is 5.91 Å². The molecule has 0 aromatic carbocycles. The molecule has 0 aromatic heterocycles. The van der Waals surface area contributed by atoms with Crippen molar-refractivity contribution in [3.05, 3.63) is 0 Å². The molecule has 0 saturated carbocycles. The molecule has 1 saturated heterocycles. The number of carbonyl (C=O) groups is 1. The van der Waals surface area contributed by atoms with Crippen LogP contribution < -0.4 is 10.6 Å². The van der Waals surface area contributed by atoms with Crippen LogP contribution >= 0.6 is 0 Å². The lowest BCUT2D eigenvalue weighted by Gasteiger charge is -2.15. The summed E-state index contributed by atoms with van der Waals surface area (Å²) in [5.74, 6) is 1.74. The van der Waals surface area contributed by atoms with Gasteiger partial charge in [-0.2, -0.15) is 0 Å². The summed E-state index contributed by atoms with van der Waals surface area (Å²) in [4.78, 5) is 17.5. The summed E-state index contributed by atoms with van der Waals surface area (Å²) >= 11 is 0. The molecule has 24 heavy (non-hydrogen) atoms. The van der Waals surface area contributed by atoms with Crippen LogP contribution in [0.1, 0.15) is 26.7 Å². The lowest BCUT2D eigenvalue weighted by atomic mass is 10.1. The largest absolute Gasteiger partial charge is 0.381 e. The third kappa shape index (κ3) is 9.72. The van der Waals surface area contributed by atoms with Gasteiger partial charge in [-0.05, 0) is 18.8 Å². The van der Waals surface area contributed by atoms with Crippen LogP contribution in [0.15, 0.2) is 4.99 Å². The van der Waals surface area contributed by atoms with Crippen LogP contribution in [0.25, 0.3) is 0 Å². The van der Waals surface area contributed by atoms with Crippen molar-refractivity contribution in [2.75, 3.05) is 60.2 Å². The van der Waals surface area contributed by atoms with Crippen molar-refractivity contribution in [1.82, 2.24) is 15.5 Å². The van der Waals surface area contributed by atoms with Gasteiger partial charge in [-0.3, -0.25) is 4.79 Å². The number of guanidine groups is 1. The predicted octanol–water partition coefficient (Wildman–Crippen LogP) is 0.709. The van der Waals surface area contributed by atoms with E-state index in [9.17, 15) is 4.79 Å². The van der Waals surface area contributed by atoms with Crippen LogP contribution in [0.3, 0.4) is 0 Å². The summed E-state index contributed by atoms with van der Waals surface area (Å²) in [6.45, 7) is 9.20.